The van der Waals surface area contributed by atoms with E-state index in [-0.39, 0.29) is 0 Å². The molecule has 0 aliphatic carbocycles. The number of thioether (sulfide) groups is 1. The van der Waals surface area contributed by atoms with Gasteiger partial charge in [-0.2, -0.15) is 0 Å². The van der Waals surface area contributed by atoms with Gasteiger partial charge in [-0.1, -0.05) is 25.5 Å². The highest BCUT2D eigenvalue weighted by atomic mass is 32.2. The van der Waals surface area contributed by atoms with Crippen molar-refractivity contribution in [1.82, 2.24) is 0 Å². The van der Waals surface area contributed by atoms with Crippen molar-refractivity contribution in [2.24, 2.45) is 0 Å². The first-order valence-corrected chi connectivity index (χ1v) is 6.28. The predicted molar refractivity (Wildman–Crippen MR) is 61.3 cm³/mol. The number of unbranched alkanes of at least 4 members (excludes halogenated alkanes) is 1. The van der Waals surface area contributed by atoms with Crippen LogP contribution in [0, 0.1) is 0 Å². The summed E-state index contributed by atoms with van der Waals surface area (Å²) < 4.78 is 5.62. The minimum Gasteiger partial charge on any atom is -0.492 e. The van der Waals surface area contributed by atoms with E-state index in [1.54, 1.807) is 0 Å². The van der Waals surface area contributed by atoms with E-state index in [0.717, 1.165) is 18.1 Å². The van der Waals surface area contributed by atoms with Gasteiger partial charge in [-0.3, -0.25) is 0 Å². The van der Waals surface area contributed by atoms with Gasteiger partial charge in [0.05, 0.1) is 11.5 Å². The van der Waals surface area contributed by atoms with Crippen LogP contribution in [0.25, 0.3) is 0 Å². The van der Waals surface area contributed by atoms with Crippen LogP contribution in [0.4, 0.5) is 0 Å². The SMILES string of the molecule is CCCCc1cccc2c1SCCO2. The third kappa shape index (κ3) is 2.06. The summed E-state index contributed by atoms with van der Waals surface area (Å²) in [5.74, 6) is 2.19. The third-order valence-corrected chi connectivity index (χ3v) is 3.57. The van der Waals surface area contributed by atoms with E-state index in [2.05, 4.69) is 25.1 Å². The summed E-state index contributed by atoms with van der Waals surface area (Å²) >= 11 is 1.94. The van der Waals surface area contributed by atoms with Gasteiger partial charge in [0, 0.05) is 5.75 Å². The van der Waals surface area contributed by atoms with Crippen molar-refractivity contribution in [3.05, 3.63) is 23.8 Å². The average Bonchev–Trinajstić information content (AvgIpc) is 2.26. The highest BCUT2D eigenvalue weighted by Crippen LogP contribution is 2.36. The molecule has 0 aromatic heterocycles. The van der Waals surface area contributed by atoms with E-state index in [4.69, 9.17) is 4.74 Å². The summed E-state index contributed by atoms with van der Waals surface area (Å²) in [4.78, 5) is 1.38. The maximum atomic E-state index is 5.62. The van der Waals surface area contributed by atoms with Gasteiger partial charge in [-0.25, -0.2) is 0 Å². The van der Waals surface area contributed by atoms with E-state index < -0.39 is 0 Å². The normalized spacial score (nSPS) is 14.6. The lowest BCUT2D eigenvalue weighted by Gasteiger charge is -2.19. The lowest BCUT2D eigenvalue weighted by Crippen LogP contribution is -2.08. The monoisotopic (exact) mass is 208 g/mol. The molecule has 1 aromatic carbocycles. The minimum absolute atomic E-state index is 0.856. The molecule has 1 aliphatic heterocycles. The van der Waals surface area contributed by atoms with Crippen molar-refractivity contribution >= 4 is 11.8 Å². The Morgan fingerprint density at radius 2 is 2.36 bits per heavy atom. The van der Waals surface area contributed by atoms with Crippen molar-refractivity contribution in [2.75, 3.05) is 12.4 Å². The van der Waals surface area contributed by atoms with E-state index >= 15 is 0 Å². The van der Waals surface area contributed by atoms with E-state index in [1.165, 1.54) is 29.7 Å². The van der Waals surface area contributed by atoms with Gasteiger partial charge in [-0.15, -0.1) is 11.8 Å². The van der Waals surface area contributed by atoms with Crippen LogP contribution in [0.2, 0.25) is 0 Å². The molecule has 2 rings (SSSR count). The average molecular weight is 208 g/mol. The molecular weight excluding hydrogens is 192 g/mol. The topological polar surface area (TPSA) is 9.23 Å². The van der Waals surface area contributed by atoms with Crippen molar-refractivity contribution in [3.63, 3.8) is 0 Å². The number of ether oxygens (including phenoxy) is 1. The molecule has 1 heterocycles. The Morgan fingerprint density at radius 1 is 1.43 bits per heavy atom. The van der Waals surface area contributed by atoms with Gasteiger partial charge < -0.3 is 4.74 Å². The molecule has 0 fully saturated rings. The molecule has 0 atom stereocenters. The van der Waals surface area contributed by atoms with Crippen LogP contribution in [0.5, 0.6) is 5.75 Å². The zero-order chi connectivity index (χ0) is 9.80. The van der Waals surface area contributed by atoms with Crippen LogP contribution in [-0.4, -0.2) is 12.4 Å². The maximum absolute atomic E-state index is 5.62. The van der Waals surface area contributed by atoms with Crippen molar-refractivity contribution in [2.45, 2.75) is 31.1 Å². The maximum Gasteiger partial charge on any atom is 0.133 e. The van der Waals surface area contributed by atoms with Gasteiger partial charge >= 0.3 is 0 Å². The van der Waals surface area contributed by atoms with Gasteiger partial charge in [0.2, 0.25) is 0 Å². The number of benzene rings is 1. The fourth-order valence-corrected chi connectivity index (χ4v) is 2.69. The molecule has 0 unspecified atom stereocenters. The molecule has 0 radical (unpaired) electrons. The summed E-state index contributed by atoms with van der Waals surface area (Å²) in [7, 11) is 0. The molecule has 1 aliphatic rings. The fraction of sp³-hybridized carbons (Fsp3) is 0.500. The lowest BCUT2D eigenvalue weighted by molar-refractivity contribution is 0.329. The molecule has 0 saturated carbocycles. The molecule has 0 saturated heterocycles. The molecule has 14 heavy (non-hydrogen) atoms. The zero-order valence-corrected chi connectivity index (χ0v) is 9.40. The zero-order valence-electron chi connectivity index (χ0n) is 8.58. The Hall–Kier alpha value is -0.630. The second-order valence-electron chi connectivity index (χ2n) is 3.54. The Kier molecular flexibility index (Phi) is 3.35. The highest BCUT2D eigenvalue weighted by molar-refractivity contribution is 7.99. The Labute approximate surface area is 89.9 Å². The second kappa shape index (κ2) is 4.74. The molecule has 1 nitrogen and oxygen atoms in total. The van der Waals surface area contributed by atoms with Crippen LogP contribution in [0.3, 0.4) is 0 Å². The van der Waals surface area contributed by atoms with Crippen LogP contribution < -0.4 is 4.74 Å². The lowest BCUT2D eigenvalue weighted by atomic mass is 10.1. The smallest absolute Gasteiger partial charge is 0.133 e. The Balaban J connectivity index is 2.21. The summed E-state index contributed by atoms with van der Waals surface area (Å²) in [5.41, 5.74) is 1.47. The molecule has 2 heteroatoms. The number of rotatable bonds is 3. The van der Waals surface area contributed by atoms with Gasteiger partial charge in [0.25, 0.3) is 0 Å². The second-order valence-corrected chi connectivity index (χ2v) is 4.65. The van der Waals surface area contributed by atoms with E-state index in [1.807, 2.05) is 11.8 Å². The largest absolute Gasteiger partial charge is 0.492 e. The molecule has 0 spiro atoms. The first-order valence-electron chi connectivity index (χ1n) is 5.29. The minimum atomic E-state index is 0.856. The third-order valence-electron chi connectivity index (χ3n) is 2.45. The molecule has 76 valence electrons. The number of fused-ring (bicyclic) bond motifs is 1. The molecule has 1 aromatic rings. The molecular formula is C12H16OS. The summed E-state index contributed by atoms with van der Waals surface area (Å²) in [6.45, 7) is 3.09. The summed E-state index contributed by atoms with van der Waals surface area (Å²) in [6, 6.07) is 6.42. The number of aryl methyl sites for hydroxylation is 1. The Bertz CT molecular complexity index is 309. The van der Waals surface area contributed by atoms with Crippen LogP contribution >= 0.6 is 11.8 Å². The first-order chi connectivity index (χ1) is 6.92. The van der Waals surface area contributed by atoms with Gasteiger partial charge in [0.15, 0.2) is 0 Å². The van der Waals surface area contributed by atoms with Gasteiger partial charge in [0.1, 0.15) is 5.75 Å². The van der Waals surface area contributed by atoms with Gasteiger partial charge in [-0.05, 0) is 24.5 Å². The van der Waals surface area contributed by atoms with Crippen LogP contribution in [0.15, 0.2) is 23.1 Å². The summed E-state index contributed by atoms with van der Waals surface area (Å²) in [5, 5.41) is 0. The first kappa shape index (κ1) is 9.91. The fourth-order valence-electron chi connectivity index (χ4n) is 1.70. The Morgan fingerprint density at radius 3 is 3.21 bits per heavy atom. The molecule has 0 amide bonds. The van der Waals surface area contributed by atoms with Crippen molar-refractivity contribution in [1.29, 1.82) is 0 Å². The predicted octanol–water partition coefficient (Wildman–Crippen LogP) is 3.51. The molecule has 0 bridgehead atoms. The van der Waals surface area contributed by atoms with Crippen molar-refractivity contribution in [3.8, 4) is 5.75 Å². The van der Waals surface area contributed by atoms with Crippen LogP contribution in [-0.2, 0) is 6.42 Å². The number of hydrogen-bond donors (Lipinski definition) is 0. The van der Waals surface area contributed by atoms with Crippen LogP contribution in [0.1, 0.15) is 25.3 Å². The standard InChI is InChI=1S/C12H16OS/c1-2-3-5-10-6-4-7-11-12(10)14-9-8-13-11/h4,6-7H,2-3,5,8-9H2,1H3. The van der Waals surface area contributed by atoms with E-state index in [9.17, 15) is 0 Å². The number of hydrogen-bond acceptors (Lipinski definition) is 2. The molecule has 0 N–H and O–H groups in total. The van der Waals surface area contributed by atoms with Crippen molar-refractivity contribution < 1.29 is 4.74 Å². The quantitative estimate of drug-likeness (QED) is 0.751. The summed E-state index contributed by atoms with van der Waals surface area (Å²) in [6.07, 6.45) is 3.72. The van der Waals surface area contributed by atoms with E-state index in [0.29, 0.717) is 0 Å². The highest BCUT2D eigenvalue weighted by Gasteiger charge is 2.13.